The summed E-state index contributed by atoms with van der Waals surface area (Å²) in [6.07, 6.45) is 2.98. The third-order valence-corrected chi connectivity index (χ3v) is 3.34. The molecule has 0 aliphatic carbocycles. The van der Waals surface area contributed by atoms with Gasteiger partial charge < -0.3 is 10.0 Å². The smallest absolute Gasteiger partial charge is 0.129 e. The molecule has 1 aliphatic heterocycles. The monoisotopic (exact) mass is 245 g/mol. The van der Waals surface area contributed by atoms with Crippen LogP contribution in [0.15, 0.2) is 18.3 Å². The summed E-state index contributed by atoms with van der Waals surface area (Å²) in [6.45, 7) is 5.95. The van der Waals surface area contributed by atoms with Gasteiger partial charge in [-0.3, -0.25) is 0 Å². The highest BCUT2D eigenvalue weighted by molar-refractivity contribution is 5.45. The standard InChI is InChI=1S/C14H19N3O/c1-14(2)8-12(18)4-6-17(10-14)13-7-11(9-15)3-5-16-13/h3,5,7,12,18H,4,6,8,10H2,1-2H3/t12-/m1/s1. The van der Waals surface area contributed by atoms with Crippen LogP contribution in [-0.2, 0) is 0 Å². The van der Waals surface area contributed by atoms with Gasteiger partial charge in [0.05, 0.1) is 17.7 Å². The topological polar surface area (TPSA) is 60.1 Å². The first-order valence-corrected chi connectivity index (χ1v) is 6.29. The Hall–Kier alpha value is -1.60. The van der Waals surface area contributed by atoms with Crippen LogP contribution in [0, 0.1) is 16.7 Å². The third kappa shape index (κ3) is 2.99. The molecule has 0 amide bonds. The van der Waals surface area contributed by atoms with E-state index in [2.05, 4.69) is 29.8 Å². The van der Waals surface area contributed by atoms with Gasteiger partial charge in [-0.2, -0.15) is 5.26 Å². The zero-order valence-electron chi connectivity index (χ0n) is 10.9. The Balaban J connectivity index is 2.24. The Labute approximate surface area is 108 Å². The summed E-state index contributed by atoms with van der Waals surface area (Å²) in [5.74, 6) is 0.830. The van der Waals surface area contributed by atoms with Gasteiger partial charge >= 0.3 is 0 Å². The van der Waals surface area contributed by atoms with Gasteiger partial charge in [0.15, 0.2) is 0 Å². The molecule has 0 spiro atoms. The number of nitriles is 1. The molecule has 1 aromatic rings. The van der Waals surface area contributed by atoms with Crippen molar-refractivity contribution in [3.8, 4) is 6.07 Å². The summed E-state index contributed by atoms with van der Waals surface area (Å²) in [5.41, 5.74) is 0.683. The molecule has 4 heteroatoms. The Morgan fingerprint density at radius 1 is 1.56 bits per heavy atom. The second-order valence-electron chi connectivity index (χ2n) is 5.75. The van der Waals surface area contributed by atoms with Crippen LogP contribution in [0.1, 0.15) is 32.3 Å². The van der Waals surface area contributed by atoms with Crippen LogP contribution in [0.25, 0.3) is 0 Å². The minimum atomic E-state index is -0.246. The lowest BCUT2D eigenvalue weighted by atomic mass is 9.87. The Kier molecular flexibility index (Phi) is 3.53. The molecule has 96 valence electrons. The second kappa shape index (κ2) is 4.95. The number of nitrogens with zero attached hydrogens (tertiary/aromatic N) is 3. The molecule has 1 N–H and O–H groups in total. The van der Waals surface area contributed by atoms with E-state index >= 15 is 0 Å². The van der Waals surface area contributed by atoms with E-state index in [9.17, 15) is 5.11 Å². The highest BCUT2D eigenvalue weighted by Gasteiger charge is 2.29. The first-order valence-electron chi connectivity index (χ1n) is 6.29. The number of hydrogen-bond acceptors (Lipinski definition) is 4. The van der Waals surface area contributed by atoms with Crippen molar-refractivity contribution >= 4 is 5.82 Å². The average molecular weight is 245 g/mol. The van der Waals surface area contributed by atoms with Crippen LogP contribution in [0.5, 0.6) is 0 Å². The third-order valence-electron chi connectivity index (χ3n) is 3.34. The number of aromatic nitrogens is 1. The molecule has 1 fully saturated rings. The number of rotatable bonds is 1. The highest BCUT2D eigenvalue weighted by atomic mass is 16.3. The summed E-state index contributed by atoms with van der Waals surface area (Å²) in [7, 11) is 0. The number of hydrogen-bond donors (Lipinski definition) is 1. The highest BCUT2D eigenvalue weighted by Crippen LogP contribution is 2.30. The van der Waals surface area contributed by atoms with Crippen LogP contribution in [-0.4, -0.2) is 29.3 Å². The van der Waals surface area contributed by atoms with Crippen LogP contribution in [0.3, 0.4) is 0 Å². The maximum absolute atomic E-state index is 9.89. The van der Waals surface area contributed by atoms with Crippen molar-refractivity contribution in [2.24, 2.45) is 5.41 Å². The van der Waals surface area contributed by atoms with Gasteiger partial charge in [0, 0.05) is 19.3 Å². The largest absolute Gasteiger partial charge is 0.393 e. The molecule has 1 aromatic heterocycles. The van der Waals surface area contributed by atoms with Gasteiger partial charge in [0.25, 0.3) is 0 Å². The van der Waals surface area contributed by atoms with Crippen molar-refractivity contribution in [1.29, 1.82) is 5.26 Å². The van der Waals surface area contributed by atoms with Crippen molar-refractivity contribution in [2.75, 3.05) is 18.0 Å². The first kappa shape index (κ1) is 12.8. The molecule has 0 aromatic carbocycles. The summed E-state index contributed by atoms with van der Waals surface area (Å²) in [5, 5.41) is 18.8. The Morgan fingerprint density at radius 3 is 3.06 bits per heavy atom. The summed E-state index contributed by atoms with van der Waals surface area (Å²) >= 11 is 0. The lowest BCUT2D eigenvalue weighted by molar-refractivity contribution is 0.123. The fourth-order valence-electron chi connectivity index (χ4n) is 2.56. The molecule has 0 radical (unpaired) electrons. The quantitative estimate of drug-likeness (QED) is 0.821. The molecular weight excluding hydrogens is 226 g/mol. The normalized spacial score (nSPS) is 23.2. The lowest BCUT2D eigenvalue weighted by Crippen LogP contribution is -2.33. The molecule has 0 unspecified atom stereocenters. The molecule has 4 nitrogen and oxygen atoms in total. The van der Waals surface area contributed by atoms with Crippen molar-refractivity contribution in [1.82, 2.24) is 4.98 Å². The second-order valence-corrected chi connectivity index (χ2v) is 5.75. The predicted molar refractivity (Wildman–Crippen MR) is 70.2 cm³/mol. The molecule has 0 bridgehead atoms. The van der Waals surface area contributed by atoms with E-state index in [1.807, 2.05) is 6.07 Å². The Bertz CT molecular complexity index is 464. The number of aliphatic hydroxyl groups excluding tert-OH is 1. The molecule has 2 heterocycles. The van der Waals surface area contributed by atoms with Gasteiger partial charge in [0.2, 0.25) is 0 Å². The van der Waals surface area contributed by atoms with E-state index in [4.69, 9.17) is 5.26 Å². The van der Waals surface area contributed by atoms with Gasteiger partial charge in [-0.15, -0.1) is 0 Å². The molecule has 2 rings (SSSR count). The fourth-order valence-corrected chi connectivity index (χ4v) is 2.56. The molecule has 1 aliphatic rings. The lowest BCUT2D eigenvalue weighted by Gasteiger charge is -2.30. The van der Waals surface area contributed by atoms with Crippen molar-refractivity contribution in [3.63, 3.8) is 0 Å². The minimum absolute atomic E-state index is 0.0558. The van der Waals surface area contributed by atoms with Crippen molar-refractivity contribution < 1.29 is 5.11 Å². The van der Waals surface area contributed by atoms with Crippen LogP contribution >= 0.6 is 0 Å². The van der Waals surface area contributed by atoms with Gasteiger partial charge in [-0.25, -0.2) is 4.98 Å². The first-order chi connectivity index (χ1) is 8.50. The van der Waals surface area contributed by atoms with Crippen molar-refractivity contribution in [2.45, 2.75) is 32.8 Å². The summed E-state index contributed by atoms with van der Waals surface area (Å²) < 4.78 is 0. The summed E-state index contributed by atoms with van der Waals surface area (Å²) in [4.78, 5) is 6.50. The zero-order chi connectivity index (χ0) is 13.2. The number of pyridine rings is 1. The van der Waals surface area contributed by atoms with E-state index in [0.717, 1.165) is 31.7 Å². The van der Waals surface area contributed by atoms with E-state index in [1.54, 1.807) is 12.3 Å². The predicted octanol–water partition coefficient (Wildman–Crippen LogP) is 1.94. The maximum atomic E-state index is 9.89. The molecule has 0 saturated carbocycles. The summed E-state index contributed by atoms with van der Waals surface area (Å²) in [6, 6.07) is 5.66. The fraction of sp³-hybridized carbons (Fsp3) is 0.571. The van der Waals surface area contributed by atoms with Gasteiger partial charge in [-0.1, -0.05) is 13.8 Å². The van der Waals surface area contributed by atoms with E-state index in [-0.39, 0.29) is 11.5 Å². The SMILES string of the molecule is CC1(C)C[C@H](O)CCN(c2cc(C#N)ccn2)C1. The van der Waals surface area contributed by atoms with Gasteiger partial charge in [-0.05, 0) is 30.4 Å². The van der Waals surface area contributed by atoms with Crippen LogP contribution < -0.4 is 4.90 Å². The van der Waals surface area contributed by atoms with Gasteiger partial charge in [0.1, 0.15) is 5.82 Å². The van der Waals surface area contributed by atoms with Crippen LogP contribution in [0.4, 0.5) is 5.82 Å². The maximum Gasteiger partial charge on any atom is 0.129 e. The molecule has 1 atom stereocenters. The van der Waals surface area contributed by atoms with Crippen LogP contribution in [0.2, 0.25) is 0 Å². The minimum Gasteiger partial charge on any atom is -0.393 e. The number of anilines is 1. The molecule has 1 saturated heterocycles. The molecule has 18 heavy (non-hydrogen) atoms. The average Bonchev–Trinajstić information content (AvgIpc) is 2.47. The molecular formula is C14H19N3O. The zero-order valence-corrected chi connectivity index (χ0v) is 10.9. The van der Waals surface area contributed by atoms with Crippen molar-refractivity contribution in [3.05, 3.63) is 23.9 Å². The Morgan fingerprint density at radius 2 is 2.33 bits per heavy atom. The van der Waals surface area contributed by atoms with E-state index in [1.165, 1.54) is 0 Å². The number of aliphatic hydroxyl groups is 1. The van der Waals surface area contributed by atoms with E-state index < -0.39 is 0 Å². The van der Waals surface area contributed by atoms with E-state index in [0.29, 0.717) is 5.56 Å².